The number of aromatic nitrogens is 5. The number of amides is 1. The zero-order valence-electron chi connectivity index (χ0n) is 18.9. The second-order valence-corrected chi connectivity index (χ2v) is 8.28. The SMILES string of the molecule is C[C@H](c1nc(C(=O)Nc2cnoc2)c(O)c(=O)n1C)[C@@H](c1ccccc1Cl)c1cnn(C)c1C#N. The monoisotopic (exact) mass is 493 g/mol. The quantitative estimate of drug-likeness (QED) is 0.416. The largest absolute Gasteiger partial charge is 0.501 e. The molecule has 0 aliphatic heterocycles. The first kappa shape index (κ1) is 23.7. The van der Waals surface area contributed by atoms with Gasteiger partial charge in [0.05, 0.1) is 12.4 Å². The van der Waals surface area contributed by atoms with Gasteiger partial charge in [0.25, 0.3) is 11.5 Å². The molecule has 1 amide bonds. The summed E-state index contributed by atoms with van der Waals surface area (Å²) in [4.78, 5) is 30.1. The Morgan fingerprint density at radius 2 is 2.00 bits per heavy atom. The third kappa shape index (κ3) is 4.27. The van der Waals surface area contributed by atoms with Crippen LogP contribution in [-0.4, -0.2) is 35.5 Å². The number of benzene rings is 1. The van der Waals surface area contributed by atoms with Crippen LogP contribution in [0.1, 0.15) is 51.9 Å². The summed E-state index contributed by atoms with van der Waals surface area (Å²) in [6.07, 6.45) is 4.03. The van der Waals surface area contributed by atoms with Gasteiger partial charge in [0.1, 0.15) is 29.5 Å². The van der Waals surface area contributed by atoms with E-state index in [9.17, 15) is 20.0 Å². The molecular formula is C23H20ClN7O4. The Kier molecular flexibility index (Phi) is 6.40. The highest BCUT2D eigenvalue weighted by Gasteiger charge is 2.33. The van der Waals surface area contributed by atoms with Crippen LogP contribution in [0.5, 0.6) is 5.75 Å². The standard InChI is InChI=1S/C23H20ClN7O4/c1-12(18(14-6-4-5-7-16(14)24)15-10-26-31(3)17(15)8-25)21-29-19(20(32)23(34)30(21)2)22(33)28-13-9-27-35-11-13/h4-7,9-12,18,32H,1-3H3,(H,28,33)/t12-,18-/m0/s1. The summed E-state index contributed by atoms with van der Waals surface area (Å²) >= 11 is 6.54. The zero-order valence-corrected chi connectivity index (χ0v) is 19.7. The maximum atomic E-state index is 12.9. The first-order chi connectivity index (χ1) is 16.7. The summed E-state index contributed by atoms with van der Waals surface area (Å²) in [5.74, 6) is -2.55. The van der Waals surface area contributed by atoms with Crippen molar-refractivity contribution in [2.75, 3.05) is 5.32 Å². The number of carbonyl (C=O) groups is 1. The van der Waals surface area contributed by atoms with Crippen molar-refractivity contribution in [3.05, 3.63) is 86.6 Å². The van der Waals surface area contributed by atoms with E-state index in [2.05, 4.69) is 26.6 Å². The topological polar surface area (TPSA) is 152 Å². The minimum Gasteiger partial charge on any atom is -0.501 e. The maximum absolute atomic E-state index is 12.9. The molecule has 0 aliphatic carbocycles. The molecule has 4 aromatic rings. The molecule has 3 heterocycles. The van der Waals surface area contributed by atoms with Gasteiger partial charge in [0, 0.05) is 36.5 Å². The van der Waals surface area contributed by atoms with Crippen molar-refractivity contribution in [2.45, 2.75) is 18.8 Å². The number of aryl methyl sites for hydroxylation is 1. The first-order valence-corrected chi connectivity index (χ1v) is 10.8. The minimum atomic E-state index is -0.815. The van der Waals surface area contributed by atoms with Gasteiger partial charge in [0.2, 0.25) is 5.75 Å². The van der Waals surface area contributed by atoms with E-state index < -0.39 is 34.7 Å². The van der Waals surface area contributed by atoms with E-state index in [1.165, 1.54) is 28.8 Å². The average Bonchev–Trinajstić information content (AvgIpc) is 3.48. The van der Waals surface area contributed by atoms with Crippen LogP contribution in [0.15, 0.2) is 52.2 Å². The normalized spacial score (nSPS) is 12.7. The minimum absolute atomic E-state index is 0.195. The highest BCUT2D eigenvalue weighted by Crippen LogP contribution is 2.41. The van der Waals surface area contributed by atoms with Crippen LogP contribution in [0.4, 0.5) is 5.69 Å². The Balaban J connectivity index is 1.88. The van der Waals surface area contributed by atoms with Crippen LogP contribution >= 0.6 is 11.6 Å². The Bertz CT molecular complexity index is 1500. The average molecular weight is 494 g/mol. The summed E-state index contributed by atoms with van der Waals surface area (Å²) in [5.41, 5.74) is 0.547. The third-order valence-corrected chi connectivity index (χ3v) is 6.11. The van der Waals surface area contributed by atoms with E-state index in [1.54, 1.807) is 32.3 Å². The molecule has 2 N–H and O–H groups in total. The Hall–Kier alpha value is -4.43. The molecule has 178 valence electrons. The number of hydrogen-bond donors (Lipinski definition) is 2. The van der Waals surface area contributed by atoms with Crippen molar-refractivity contribution in [3.63, 3.8) is 0 Å². The number of nitrogens with one attached hydrogen (secondary N) is 1. The predicted molar refractivity (Wildman–Crippen MR) is 125 cm³/mol. The highest BCUT2D eigenvalue weighted by atomic mass is 35.5. The molecule has 0 bridgehead atoms. The highest BCUT2D eigenvalue weighted by molar-refractivity contribution is 6.31. The third-order valence-electron chi connectivity index (χ3n) is 5.76. The van der Waals surface area contributed by atoms with E-state index in [1.807, 2.05) is 12.1 Å². The van der Waals surface area contributed by atoms with Gasteiger partial charge in [-0.1, -0.05) is 41.9 Å². The van der Waals surface area contributed by atoms with Gasteiger partial charge in [-0.3, -0.25) is 18.8 Å². The van der Waals surface area contributed by atoms with Crippen molar-refractivity contribution in [1.29, 1.82) is 5.26 Å². The molecule has 0 radical (unpaired) electrons. The smallest absolute Gasteiger partial charge is 0.296 e. The summed E-state index contributed by atoms with van der Waals surface area (Å²) in [6, 6.07) is 9.29. The van der Waals surface area contributed by atoms with Crippen LogP contribution in [0, 0.1) is 11.3 Å². The number of hydrogen-bond acceptors (Lipinski definition) is 8. The van der Waals surface area contributed by atoms with Crippen molar-refractivity contribution in [2.24, 2.45) is 14.1 Å². The maximum Gasteiger partial charge on any atom is 0.296 e. The fourth-order valence-electron chi connectivity index (χ4n) is 4.03. The number of halogens is 1. The molecule has 0 unspecified atom stereocenters. The lowest BCUT2D eigenvalue weighted by atomic mass is 9.81. The second-order valence-electron chi connectivity index (χ2n) is 7.87. The molecule has 35 heavy (non-hydrogen) atoms. The lowest BCUT2D eigenvalue weighted by Crippen LogP contribution is -2.29. The summed E-state index contributed by atoms with van der Waals surface area (Å²) in [7, 11) is 3.10. The van der Waals surface area contributed by atoms with Crippen molar-refractivity contribution >= 4 is 23.2 Å². The molecule has 3 aromatic heterocycles. The lowest BCUT2D eigenvalue weighted by molar-refractivity contribution is 0.101. The van der Waals surface area contributed by atoms with Crippen LogP contribution in [0.25, 0.3) is 0 Å². The summed E-state index contributed by atoms with van der Waals surface area (Å²) < 4.78 is 7.31. The van der Waals surface area contributed by atoms with Crippen molar-refractivity contribution in [3.8, 4) is 11.8 Å². The zero-order chi connectivity index (χ0) is 25.3. The van der Waals surface area contributed by atoms with E-state index in [-0.39, 0.29) is 11.5 Å². The molecule has 0 saturated heterocycles. The fourth-order valence-corrected chi connectivity index (χ4v) is 4.28. The molecule has 0 aliphatic rings. The van der Waals surface area contributed by atoms with Crippen LogP contribution in [0.3, 0.4) is 0 Å². The summed E-state index contributed by atoms with van der Waals surface area (Å²) in [6.45, 7) is 1.79. The van der Waals surface area contributed by atoms with Crippen molar-refractivity contribution < 1.29 is 14.4 Å². The predicted octanol–water partition coefficient (Wildman–Crippen LogP) is 2.92. The summed E-state index contributed by atoms with van der Waals surface area (Å²) in [5, 5.41) is 30.8. The number of anilines is 1. The first-order valence-electron chi connectivity index (χ1n) is 10.4. The van der Waals surface area contributed by atoms with Gasteiger partial charge in [-0.25, -0.2) is 4.98 Å². The number of nitrogens with zero attached hydrogens (tertiary/aromatic N) is 6. The van der Waals surface area contributed by atoms with Crippen molar-refractivity contribution in [1.82, 2.24) is 24.5 Å². The molecule has 12 heteroatoms. The number of nitriles is 1. The molecule has 4 rings (SSSR count). The van der Waals surface area contributed by atoms with E-state index in [4.69, 9.17) is 16.1 Å². The van der Waals surface area contributed by atoms with Crippen LogP contribution in [-0.2, 0) is 14.1 Å². The molecule has 1 aromatic carbocycles. The van der Waals surface area contributed by atoms with Gasteiger partial charge in [-0.15, -0.1) is 0 Å². The molecule has 11 nitrogen and oxygen atoms in total. The molecule has 0 fully saturated rings. The number of aromatic hydroxyl groups is 1. The van der Waals surface area contributed by atoms with Crippen LogP contribution < -0.4 is 10.9 Å². The van der Waals surface area contributed by atoms with E-state index in [0.717, 1.165) is 0 Å². The molecular weight excluding hydrogens is 474 g/mol. The molecule has 0 spiro atoms. The Morgan fingerprint density at radius 1 is 1.26 bits per heavy atom. The van der Waals surface area contributed by atoms with Gasteiger partial charge in [-0.2, -0.15) is 10.4 Å². The molecule has 0 saturated carbocycles. The van der Waals surface area contributed by atoms with Gasteiger partial charge < -0.3 is 14.9 Å². The van der Waals surface area contributed by atoms with Gasteiger partial charge in [-0.05, 0) is 11.6 Å². The van der Waals surface area contributed by atoms with Gasteiger partial charge >= 0.3 is 0 Å². The second kappa shape index (κ2) is 9.44. The van der Waals surface area contributed by atoms with E-state index in [0.29, 0.717) is 21.8 Å². The van der Waals surface area contributed by atoms with Crippen LogP contribution in [0.2, 0.25) is 5.02 Å². The lowest BCUT2D eigenvalue weighted by Gasteiger charge is -2.26. The fraction of sp³-hybridized carbons (Fsp3) is 0.217. The van der Waals surface area contributed by atoms with E-state index >= 15 is 0 Å². The molecule has 2 atom stereocenters. The Labute approximate surface area is 204 Å². The van der Waals surface area contributed by atoms with Gasteiger partial charge in [0.15, 0.2) is 5.69 Å². The Morgan fingerprint density at radius 3 is 2.66 bits per heavy atom. The number of rotatable bonds is 6. The number of carbonyl (C=O) groups excluding carboxylic acids is 1.